The van der Waals surface area contributed by atoms with E-state index in [1.807, 2.05) is 74.5 Å². The lowest BCUT2D eigenvalue weighted by atomic mass is 10.1. The first-order valence-electron chi connectivity index (χ1n) is 12.9. The quantitative estimate of drug-likeness (QED) is 0.405. The van der Waals surface area contributed by atoms with Crippen LogP contribution in [-0.2, 0) is 16.1 Å². The number of anilines is 1. The maximum Gasteiger partial charge on any atom is 0.258 e. The summed E-state index contributed by atoms with van der Waals surface area (Å²) >= 11 is 0. The van der Waals surface area contributed by atoms with Crippen molar-refractivity contribution in [3.05, 3.63) is 71.8 Å². The zero-order valence-electron chi connectivity index (χ0n) is 22.0. The van der Waals surface area contributed by atoms with Gasteiger partial charge in [-0.3, -0.25) is 14.4 Å². The molecule has 2 unspecified atom stereocenters. The molecule has 0 bridgehead atoms. The van der Waals surface area contributed by atoms with Crippen LogP contribution in [0.1, 0.15) is 56.0 Å². The highest BCUT2D eigenvalue weighted by atomic mass is 16.5. The van der Waals surface area contributed by atoms with Gasteiger partial charge in [0.2, 0.25) is 11.8 Å². The Balaban J connectivity index is 1.46. The minimum absolute atomic E-state index is 0.0263. The molecule has 0 aliphatic carbocycles. The highest BCUT2D eigenvalue weighted by Crippen LogP contribution is 2.37. The maximum atomic E-state index is 13.5. The SMILES string of the molecule is CCC(C)NC(=O)C(C)N(Cc1ccc(OC)cc1)C(=O)CCCN1C(=O)c2cccc3cccc1c23. The van der Waals surface area contributed by atoms with Crippen LogP contribution in [0.15, 0.2) is 60.7 Å². The van der Waals surface area contributed by atoms with E-state index in [-0.39, 0.29) is 30.2 Å². The van der Waals surface area contributed by atoms with Gasteiger partial charge in [-0.05, 0) is 61.9 Å². The zero-order chi connectivity index (χ0) is 26.5. The van der Waals surface area contributed by atoms with E-state index in [1.165, 1.54) is 0 Å². The molecule has 0 saturated carbocycles. The van der Waals surface area contributed by atoms with Gasteiger partial charge in [-0.15, -0.1) is 0 Å². The Labute approximate surface area is 218 Å². The van der Waals surface area contributed by atoms with Crippen molar-refractivity contribution in [2.45, 2.75) is 58.7 Å². The minimum atomic E-state index is -0.630. The summed E-state index contributed by atoms with van der Waals surface area (Å²) in [6, 6.07) is 18.6. The van der Waals surface area contributed by atoms with Gasteiger partial charge in [0, 0.05) is 36.5 Å². The highest BCUT2D eigenvalue weighted by molar-refractivity contribution is 6.25. The molecule has 7 heteroatoms. The number of hydrogen-bond acceptors (Lipinski definition) is 4. The molecule has 0 spiro atoms. The third-order valence-corrected chi connectivity index (χ3v) is 7.10. The molecule has 0 fully saturated rings. The predicted molar refractivity (Wildman–Crippen MR) is 146 cm³/mol. The largest absolute Gasteiger partial charge is 0.497 e. The lowest BCUT2D eigenvalue weighted by Gasteiger charge is -2.30. The molecular weight excluding hydrogens is 466 g/mol. The zero-order valence-corrected chi connectivity index (χ0v) is 22.0. The fraction of sp³-hybridized carbons (Fsp3) is 0.367. The Kier molecular flexibility index (Phi) is 8.11. The van der Waals surface area contributed by atoms with Crippen molar-refractivity contribution < 1.29 is 19.1 Å². The summed E-state index contributed by atoms with van der Waals surface area (Å²) in [5.74, 6) is 0.407. The van der Waals surface area contributed by atoms with Crippen LogP contribution in [0.4, 0.5) is 5.69 Å². The number of nitrogens with one attached hydrogen (secondary N) is 1. The van der Waals surface area contributed by atoms with Crippen LogP contribution in [0.3, 0.4) is 0 Å². The predicted octanol–water partition coefficient (Wildman–Crippen LogP) is 4.92. The standard InChI is InChI=1S/C30H35N3O4/c1-5-20(2)31-29(35)21(3)33(19-22-14-16-24(37-4)17-15-22)27(34)13-8-18-32-26-12-7-10-23-9-6-11-25(28(23)26)30(32)36/h6-7,9-12,14-17,20-21H,5,8,13,18-19H2,1-4H3,(H,31,35). The average Bonchev–Trinajstić information content (AvgIpc) is 3.19. The topological polar surface area (TPSA) is 79.0 Å². The van der Waals surface area contributed by atoms with E-state index in [1.54, 1.807) is 23.8 Å². The van der Waals surface area contributed by atoms with Gasteiger partial charge in [0.05, 0.1) is 12.8 Å². The first kappa shape index (κ1) is 26.2. The second-order valence-corrected chi connectivity index (χ2v) is 9.60. The van der Waals surface area contributed by atoms with Gasteiger partial charge in [-0.25, -0.2) is 0 Å². The summed E-state index contributed by atoms with van der Waals surface area (Å²) < 4.78 is 5.24. The number of benzene rings is 3. The van der Waals surface area contributed by atoms with Gasteiger partial charge in [0.15, 0.2) is 0 Å². The first-order valence-corrected chi connectivity index (χ1v) is 12.9. The smallest absolute Gasteiger partial charge is 0.258 e. The van der Waals surface area contributed by atoms with Crippen LogP contribution < -0.4 is 15.0 Å². The molecule has 194 valence electrons. The van der Waals surface area contributed by atoms with E-state index in [9.17, 15) is 14.4 Å². The molecule has 2 atom stereocenters. The van der Waals surface area contributed by atoms with Gasteiger partial charge in [-0.1, -0.05) is 43.3 Å². The summed E-state index contributed by atoms with van der Waals surface area (Å²) in [7, 11) is 1.61. The Morgan fingerprint density at radius 3 is 2.41 bits per heavy atom. The van der Waals surface area contributed by atoms with Crippen LogP contribution >= 0.6 is 0 Å². The fourth-order valence-electron chi connectivity index (χ4n) is 4.71. The Bertz CT molecular complexity index is 1280. The van der Waals surface area contributed by atoms with E-state index in [0.717, 1.165) is 34.2 Å². The number of carbonyl (C=O) groups is 3. The van der Waals surface area contributed by atoms with Crippen molar-refractivity contribution >= 4 is 34.2 Å². The second-order valence-electron chi connectivity index (χ2n) is 9.60. The first-order chi connectivity index (χ1) is 17.8. The molecule has 1 aliphatic heterocycles. The molecule has 37 heavy (non-hydrogen) atoms. The monoisotopic (exact) mass is 501 g/mol. The van der Waals surface area contributed by atoms with Gasteiger partial charge in [-0.2, -0.15) is 0 Å². The maximum absolute atomic E-state index is 13.5. The summed E-state index contributed by atoms with van der Waals surface area (Å²) in [6.45, 7) is 6.47. The van der Waals surface area contributed by atoms with Crippen molar-refractivity contribution in [2.75, 3.05) is 18.6 Å². The average molecular weight is 502 g/mol. The fourth-order valence-corrected chi connectivity index (χ4v) is 4.71. The molecule has 1 N–H and O–H groups in total. The van der Waals surface area contributed by atoms with Crippen molar-refractivity contribution in [3.63, 3.8) is 0 Å². The van der Waals surface area contributed by atoms with Gasteiger partial charge < -0.3 is 19.9 Å². The van der Waals surface area contributed by atoms with Crippen molar-refractivity contribution in [3.8, 4) is 5.75 Å². The third-order valence-electron chi connectivity index (χ3n) is 7.10. The lowest BCUT2D eigenvalue weighted by molar-refractivity contribution is -0.140. The van der Waals surface area contributed by atoms with Crippen LogP contribution in [0, 0.1) is 0 Å². The summed E-state index contributed by atoms with van der Waals surface area (Å²) in [4.78, 5) is 42.8. The number of ether oxygens (including phenoxy) is 1. The number of carbonyl (C=O) groups excluding carboxylic acids is 3. The third kappa shape index (κ3) is 5.61. The summed E-state index contributed by atoms with van der Waals surface area (Å²) in [5.41, 5.74) is 2.51. The lowest BCUT2D eigenvalue weighted by Crippen LogP contribution is -2.49. The molecule has 0 radical (unpaired) electrons. The second kappa shape index (κ2) is 11.5. The normalized spacial score (nSPS) is 13.9. The van der Waals surface area contributed by atoms with Crippen LogP contribution in [0.2, 0.25) is 0 Å². The molecular formula is C30H35N3O4. The molecule has 4 rings (SSSR count). The van der Waals surface area contributed by atoms with Crippen LogP contribution in [0.25, 0.3) is 10.8 Å². The van der Waals surface area contributed by atoms with Crippen molar-refractivity contribution in [2.24, 2.45) is 0 Å². The van der Waals surface area contributed by atoms with Gasteiger partial charge >= 0.3 is 0 Å². The van der Waals surface area contributed by atoms with Crippen LogP contribution in [-0.4, -0.2) is 48.4 Å². The molecule has 7 nitrogen and oxygen atoms in total. The number of nitrogens with zero attached hydrogens (tertiary/aromatic N) is 2. The van der Waals surface area contributed by atoms with E-state index < -0.39 is 6.04 Å². The molecule has 3 aromatic rings. The van der Waals surface area contributed by atoms with Gasteiger partial charge in [0.1, 0.15) is 11.8 Å². The van der Waals surface area contributed by atoms with Crippen molar-refractivity contribution in [1.29, 1.82) is 0 Å². The Morgan fingerprint density at radius 1 is 1.03 bits per heavy atom. The number of amides is 3. The number of methoxy groups -OCH3 is 1. The van der Waals surface area contributed by atoms with Crippen LogP contribution in [0.5, 0.6) is 5.75 Å². The van der Waals surface area contributed by atoms with Gasteiger partial charge in [0.25, 0.3) is 5.91 Å². The van der Waals surface area contributed by atoms with E-state index in [0.29, 0.717) is 25.1 Å². The minimum Gasteiger partial charge on any atom is -0.497 e. The molecule has 3 amide bonds. The molecule has 0 saturated heterocycles. The summed E-state index contributed by atoms with van der Waals surface area (Å²) in [6.07, 6.45) is 1.53. The molecule has 1 aliphatic rings. The Morgan fingerprint density at radius 2 is 1.73 bits per heavy atom. The van der Waals surface area contributed by atoms with E-state index in [2.05, 4.69) is 5.32 Å². The number of rotatable bonds is 11. The molecule has 3 aromatic carbocycles. The highest BCUT2D eigenvalue weighted by Gasteiger charge is 2.30. The van der Waals surface area contributed by atoms with E-state index >= 15 is 0 Å². The molecule has 1 heterocycles. The van der Waals surface area contributed by atoms with E-state index in [4.69, 9.17) is 4.74 Å². The summed E-state index contributed by atoms with van der Waals surface area (Å²) in [5, 5.41) is 5.00. The molecule has 0 aromatic heterocycles. The van der Waals surface area contributed by atoms with Crippen molar-refractivity contribution in [1.82, 2.24) is 10.2 Å². The number of hydrogen-bond donors (Lipinski definition) is 1. The Hall–Kier alpha value is -3.87.